The number of amides is 2. The number of halogens is 3. The van der Waals surface area contributed by atoms with Crippen molar-refractivity contribution >= 4 is 29.4 Å². The molecule has 2 amide bonds. The van der Waals surface area contributed by atoms with Crippen LogP contribution in [0.25, 0.3) is 0 Å². The second kappa shape index (κ2) is 6.78. The number of alkyl halides is 3. The molecule has 0 fully saturated rings. The summed E-state index contributed by atoms with van der Waals surface area (Å²) in [7, 11) is 0. The number of carbonyl (C=O) groups excluding carboxylic acids is 2. The number of ether oxygens (including phenoxy) is 1. The van der Waals surface area contributed by atoms with Gasteiger partial charge in [0.15, 0.2) is 0 Å². The molecule has 1 atom stereocenters. The third-order valence-electron chi connectivity index (χ3n) is 3.26. The van der Waals surface area contributed by atoms with Crippen molar-refractivity contribution in [2.45, 2.75) is 50.4 Å². The van der Waals surface area contributed by atoms with Crippen LogP contribution in [0, 0.1) is 6.92 Å². The van der Waals surface area contributed by atoms with E-state index in [0.717, 1.165) is 12.1 Å². The lowest BCUT2D eigenvalue weighted by molar-refractivity contribution is -0.137. The van der Waals surface area contributed by atoms with Gasteiger partial charge in [-0.25, -0.2) is 4.79 Å². The van der Waals surface area contributed by atoms with E-state index >= 15 is 0 Å². The van der Waals surface area contributed by atoms with E-state index in [4.69, 9.17) is 4.74 Å². The zero-order valence-corrected chi connectivity index (χ0v) is 15.0. The highest BCUT2D eigenvalue weighted by Gasteiger charge is 2.34. The summed E-state index contributed by atoms with van der Waals surface area (Å²) in [4.78, 5) is 24.7. The first kappa shape index (κ1) is 19.4. The molecule has 0 unspecified atom stereocenters. The van der Waals surface area contributed by atoms with Gasteiger partial charge in [0.2, 0.25) is 5.91 Å². The molecular weight excluding hydrogens is 357 g/mol. The average molecular weight is 376 g/mol. The molecule has 0 saturated heterocycles. The van der Waals surface area contributed by atoms with Gasteiger partial charge in [0.1, 0.15) is 11.6 Å². The van der Waals surface area contributed by atoms with Crippen LogP contribution in [0.2, 0.25) is 0 Å². The number of hydrogen-bond donors (Lipinski definition) is 2. The molecule has 0 saturated carbocycles. The minimum Gasteiger partial charge on any atom is -0.444 e. The van der Waals surface area contributed by atoms with E-state index < -0.39 is 35.4 Å². The Kier molecular flexibility index (Phi) is 5.27. The van der Waals surface area contributed by atoms with Gasteiger partial charge in [0.05, 0.1) is 11.3 Å². The Morgan fingerprint density at radius 3 is 2.52 bits per heavy atom. The van der Waals surface area contributed by atoms with Crippen molar-refractivity contribution in [3.05, 3.63) is 23.3 Å². The molecule has 0 radical (unpaired) electrons. The molecule has 138 valence electrons. The van der Waals surface area contributed by atoms with Crippen LogP contribution in [0.15, 0.2) is 17.0 Å². The largest absolute Gasteiger partial charge is 0.444 e. The maximum Gasteiger partial charge on any atom is 0.416 e. The van der Waals surface area contributed by atoms with Crippen molar-refractivity contribution in [3.63, 3.8) is 0 Å². The smallest absolute Gasteiger partial charge is 0.416 e. The zero-order chi connectivity index (χ0) is 19.0. The first-order valence-electron chi connectivity index (χ1n) is 7.52. The van der Waals surface area contributed by atoms with Crippen molar-refractivity contribution in [1.82, 2.24) is 5.32 Å². The summed E-state index contributed by atoms with van der Waals surface area (Å²) in [6, 6.07) is 1.03. The molecule has 5 nitrogen and oxygen atoms in total. The van der Waals surface area contributed by atoms with Crippen molar-refractivity contribution in [3.8, 4) is 0 Å². The minimum atomic E-state index is -4.50. The van der Waals surface area contributed by atoms with Crippen LogP contribution in [0.4, 0.5) is 23.7 Å². The van der Waals surface area contributed by atoms with E-state index in [1.54, 1.807) is 27.7 Å². The van der Waals surface area contributed by atoms with Gasteiger partial charge in [-0.1, -0.05) is 0 Å². The Labute approximate surface area is 147 Å². The maximum absolute atomic E-state index is 12.9. The third kappa shape index (κ3) is 5.04. The van der Waals surface area contributed by atoms with Gasteiger partial charge in [-0.3, -0.25) is 4.79 Å². The number of thioether (sulfide) groups is 1. The van der Waals surface area contributed by atoms with Crippen LogP contribution in [0.1, 0.15) is 31.9 Å². The third-order valence-corrected chi connectivity index (χ3v) is 4.59. The van der Waals surface area contributed by atoms with E-state index in [1.807, 2.05) is 0 Å². The van der Waals surface area contributed by atoms with Gasteiger partial charge in [-0.05, 0) is 45.4 Å². The Balaban J connectivity index is 2.20. The lowest BCUT2D eigenvalue weighted by Gasteiger charge is -2.22. The van der Waals surface area contributed by atoms with Gasteiger partial charge in [-0.2, -0.15) is 13.2 Å². The molecule has 2 rings (SSSR count). The first-order chi connectivity index (χ1) is 11.4. The second-order valence-corrected chi connectivity index (χ2v) is 7.70. The fourth-order valence-electron chi connectivity index (χ4n) is 2.24. The minimum absolute atomic E-state index is 0.0933. The summed E-state index contributed by atoms with van der Waals surface area (Å²) in [6.07, 6.45) is -5.26. The standard InChI is InChI=1S/C16H19F3N2O3S/c1-8-5-9(16(17,18)19)6-10-12(8)25-7-11(13(22)20-10)21-14(23)24-15(2,3)4/h5-6,11H,7H2,1-4H3,(H,20,22)(H,21,23)/t11-/m0/s1. The highest BCUT2D eigenvalue weighted by molar-refractivity contribution is 7.99. The summed E-state index contributed by atoms with van der Waals surface area (Å²) in [5.74, 6) is -0.402. The number of nitrogens with one attached hydrogen (secondary N) is 2. The van der Waals surface area contributed by atoms with Gasteiger partial charge in [0.25, 0.3) is 0 Å². The molecule has 2 N–H and O–H groups in total. The van der Waals surface area contributed by atoms with Gasteiger partial charge >= 0.3 is 12.3 Å². The SMILES string of the molecule is Cc1cc(C(F)(F)F)cc2c1SC[C@H](NC(=O)OC(C)(C)C)C(=O)N2. The van der Waals surface area contributed by atoms with Crippen LogP contribution in [-0.2, 0) is 15.7 Å². The lowest BCUT2D eigenvalue weighted by atomic mass is 10.1. The van der Waals surface area contributed by atoms with E-state index in [1.165, 1.54) is 11.8 Å². The molecule has 0 aromatic heterocycles. The summed E-state index contributed by atoms with van der Waals surface area (Å²) < 4.78 is 44.0. The van der Waals surface area contributed by atoms with E-state index in [2.05, 4.69) is 10.6 Å². The van der Waals surface area contributed by atoms with Crippen LogP contribution < -0.4 is 10.6 Å². The number of alkyl carbamates (subject to hydrolysis) is 1. The quantitative estimate of drug-likeness (QED) is 0.779. The molecule has 25 heavy (non-hydrogen) atoms. The zero-order valence-electron chi connectivity index (χ0n) is 14.2. The number of rotatable bonds is 1. The number of carbonyl (C=O) groups is 2. The molecule has 0 aliphatic carbocycles. The summed E-state index contributed by atoms with van der Waals surface area (Å²) in [6.45, 7) is 6.61. The Morgan fingerprint density at radius 2 is 1.96 bits per heavy atom. The van der Waals surface area contributed by atoms with Crippen molar-refractivity contribution in [2.75, 3.05) is 11.1 Å². The molecule has 1 aliphatic rings. The maximum atomic E-state index is 12.9. The monoisotopic (exact) mass is 376 g/mol. The molecule has 9 heteroatoms. The van der Waals surface area contributed by atoms with Crippen LogP contribution in [0.5, 0.6) is 0 Å². The fourth-order valence-corrected chi connectivity index (χ4v) is 3.36. The second-order valence-electron chi connectivity index (χ2n) is 6.67. The van der Waals surface area contributed by atoms with Gasteiger partial charge in [0, 0.05) is 10.6 Å². The van der Waals surface area contributed by atoms with Crippen LogP contribution in [-0.4, -0.2) is 29.4 Å². The normalized spacial score (nSPS) is 18.0. The number of anilines is 1. The lowest BCUT2D eigenvalue weighted by Crippen LogP contribution is -2.46. The highest BCUT2D eigenvalue weighted by Crippen LogP contribution is 2.39. The van der Waals surface area contributed by atoms with Crippen molar-refractivity contribution in [1.29, 1.82) is 0 Å². The molecule has 0 bridgehead atoms. The van der Waals surface area contributed by atoms with E-state index in [0.29, 0.717) is 10.5 Å². The molecule has 1 aromatic carbocycles. The number of fused-ring (bicyclic) bond motifs is 1. The summed E-state index contributed by atoms with van der Waals surface area (Å²) in [5.41, 5.74) is -1.05. The average Bonchev–Trinajstić information content (AvgIpc) is 2.55. The topological polar surface area (TPSA) is 67.4 Å². The van der Waals surface area contributed by atoms with Gasteiger partial charge in [-0.15, -0.1) is 11.8 Å². The predicted octanol–water partition coefficient (Wildman–Crippen LogP) is 3.95. The van der Waals surface area contributed by atoms with E-state index in [9.17, 15) is 22.8 Å². The van der Waals surface area contributed by atoms with E-state index in [-0.39, 0.29) is 11.4 Å². The van der Waals surface area contributed by atoms with Gasteiger partial charge < -0.3 is 15.4 Å². The van der Waals surface area contributed by atoms with Crippen LogP contribution >= 0.6 is 11.8 Å². The Bertz CT molecular complexity index is 699. The molecule has 1 aromatic rings. The molecule has 1 aliphatic heterocycles. The first-order valence-corrected chi connectivity index (χ1v) is 8.50. The molecular formula is C16H19F3N2O3S. The molecule has 0 spiro atoms. The molecule has 1 heterocycles. The Morgan fingerprint density at radius 1 is 1.32 bits per heavy atom. The number of benzene rings is 1. The van der Waals surface area contributed by atoms with Crippen molar-refractivity contribution in [2.24, 2.45) is 0 Å². The van der Waals surface area contributed by atoms with Crippen molar-refractivity contribution < 1.29 is 27.5 Å². The summed E-state index contributed by atoms with van der Waals surface area (Å²) in [5, 5.41) is 4.91. The Hall–Kier alpha value is -1.90. The number of aryl methyl sites for hydroxylation is 1. The highest BCUT2D eigenvalue weighted by atomic mass is 32.2. The fraction of sp³-hybridized carbons (Fsp3) is 0.500. The number of hydrogen-bond acceptors (Lipinski definition) is 4. The summed E-state index contributed by atoms with van der Waals surface area (Å²) >= 11 is 1.21. The predicted molar refractivity (Wildman–Crippen MR) is 88.7 cm³/mol. The van der Waals surface area contributed by atoms with Crippen LogP contribution in [0.3, 0.4) is 0 Å².